The van der Waals surface area contributed by atoms with E-state index in [-0.39, 0.29) is 10.8 Å². The number of rotatable bonds is 8. The molecule has 0 aliphatic heterocycles. The van der Waals surface area contributed by atoms with E-state index in [4.69, 9.17) is 4.42 Å². The van der Waals surface area contributed by atoms with E-state index in [1.165, 1.54) is 78.1 Å². The SMILES string of the molecule is Cc1ccc2c(c1)C(CC(C)C)(CC(C)C)c1c(C)ccc(N(c3ccc(-c4cccc5oc6ccccc6c45)cc3)c3ccc4c(c3)C(C)(C)c3ccccc3-4)c1-2. The van der Waals surface area contributed by atoms with Gasteiger partial charge in [0.05, 0.1) is 5.69 Å². The van der Waals surface area contributed by atoms with Gasteiger partial charge in [0.1, 0.15) is 11.2 Å². The van der Waals surface area contributed by atoms with Crippen molar-refractivity contribution < 1.29 is 4.42 Å². The molecule has 0 saturated carbocycles. The normalized spacial score (nSPS) is 14.6. The number of fused-ring (bicyclic) bond motifs is 9. The Kier molecular flexibility index (Phi) is 8.40. The van der Waals surface area contributed by atoms with Gasteiger partial charge in [-0.2, -0.15) is 0 Å². The predicted octanol–water partition coefficient (Wildman–Crippen LogP) is 16.0. The van der Waals surface area contributed by atoms with Crippen LogP contribution in [0.3, 0.4) is 0 Å². The van der Waals surface area contributed by atoms with E-state index in [1.54, 1.807) is 0 Å². The molecule has 2 heteroatoms. The third-order valence-electron chi connectivity index (χ3n) is 13.2. The summed E-state index contributed by atoms with van der Waals surface area (Å²) in [6.45, 7) is 19.0. The average molecular weight is 756 g/mol. The molecule has 0 atom stereocenters. The molecule has 7 aromatic carbocycles. The summed E-state index contributed by atoms with van der Waals surface area (Å²) in [5.74, 6) is 1.09. The maximum absolute atomic E-state index is 6.31. The van der Waals surface area contributed by atoms with Crippen LogP contribution < -0.4 is 4.90 Å². The van der Waals surface area contributed by atoms with Crippen LogP contribution in [0.5, 0.6) is 0 Å². The quantitative estimate of drug-likeness (QED) is 0.154. The van der Waals surface area contributed by atoms with Crippen LogP contribution in [0.1, 0.15) is 87.8 Å². The van der Waals surface area contributed by atoms with Gasteiger partial charge in [-0.1, -0.05) is 144 Å². The molecule has 1 heterocycles. The van der Waals surface area contributed by atoms with Crippen molar-refractivity contribution in [3.63, 3.8) is 0 Å². The van der Waals surface area contributed by atoms with Gasteiger partial charge in [0.15, 0.2) is 0 Å². The Bertz CT molecular complexity index is 2890. The van der Waals surface area contributed by atoms with Crippen LogP contribution in [0.15, 0.2) is 144 Å². The summed E-state index contributed by atoms with van der Waals surface area (Å²) < 4.78 is 6.31. The van der Waals surface area contributed by atoms with Crippen molar-refractivity contribution in [2.24, 2.45) is 11.8 Å². The molecular formula is C56H53NO. The monoisotopic (exact) mass is 755 g/mol. The van der Waals surface area contributed by atoms with Crippen molar-refractivity contribution in [3.8, 4) is 33.4 Å². The van der Waals surface area contributed by atoms with Crippen LogP contribution in [-0.4, -0.2) is 0 Å². The molecule has 2 aliphatic rings. The highest BCUT2D eigenvalue weighted by molar-refractivity contribution is 6.12. The molecule has 2 nitrogen and oxygen atoms in total. The minimum Gasteiger partial charge on any atom is -0.456 e. The Labute approximate surface area is 344 Å². The second-order valence-electron chi connectivity index (χ2n) is 18.5. The van der Waals surface area contributed by atoms with Gasteiger partial charge in [-0.25, -0.2) is 0 Å². The first-order chi connectivity index (χ1) is 28.0. The summed E-state index contributed by atoms with van der Waals surface area (Å²) >= 11 is 0. The van der Waals surface area contributed by atoms with Crippen molar-refractivity contribution in [1.29, 1.82) is 0 Å². The summed E-state index contributed by atoms with van der Waals surface area (Å²) in [5.41, 5.74) is 21.5. The van der Waals surface area contributed by atoms with Crippen LogP contribution in [0.4, 0.5) is 17.1 Å². The van der Waals surface area contributed by atoms with Gasteiger partial charge < -0.3 is 9.32 Å². The molecule has 0 radical (unpaired) electrons. The molecule has 58 heavy (non-hydrogen) atoms. The van der Waals surface area contributed by atoms with Crippen LogP contribution in [0.25, 0.3) is 55.3 Å². The summed E-state index contributed by atoms with van der Waals surface area (Å²) in [6.07, 6.45) is 2.24. The molecular weight excluding hydrogens is 703 g/mol. The molecule has 2 aliphatic carbocycles. The largest absolute Gasteiger partial charge is 0.456 e. The van der Waals surface area contributed by atoms with E-state index in [0.29, 0.717) is 11.8 Å². The summed E-state index contributed by atoms with van der Waals surface area (Å²) in [4.78, 5) is 2.56. The molecule has 0 bridgehead atoms. The zero-order valence-corrected chi connectivity index (χ0v) is 35.2. The van der Waals surface area contributed by atoms with Crippen LogP contribution in [0.2, 0.25) is 0 Å². The van der Waals surface area contributed by atoms with Crippen LogP contribution in [0, 0.1) is 25.7 Å². The molecule has 0 amide bonds. The third-order valence-corrected chi connectivity index (χ3v) is 13.2. The first-order valence-electron chi connectivity index (χ1n) is 21.3. The number of hydrogen-bond acceptors (Lipinski definition) is 2. The Balaban J connectivity index is 1.22. The minimum absolute atomic E-state index is 0.0672. The number of aryl methyl sites for hydroxylation is 2. The van der Waals surface area contributed by atoms with Crippen molar-refractivity contribution in [2.75, 3.05) is 4.90 Å². The number of para-hydroxylation sites is 1. The van der Waals surface area contributed by atoms with Crippen LogP contribution >= 0.6 is 0 Å². The first kappa shape index (κ1) is 36.5. The third kappa shape index (κ3) is 5.44. The Morgan fingerprint density at radius 3 is 1.98 bits per heavy atom. The smallest absolute Gasteiger partial charge is 0.136 e. The van der Waals surface area contributed by atoms with Crippen LogP contribution in [-0.2, 0) is 10.8 Å². The van der Waals surface area contributed by atoms with E-state index in [0.717, 1.165) is 40.5 Å². The number of anilines is 3. The first-order valence-corrected chi connectivity index (χ1v) is 21.3. The van der Waals surface area contributed by atoms with Gasteiger partial charge in [-0.15, -0.1) is 0 Å². The highest BCUT2D eigenvalue weighted by atomic mass is 16.3. The number of furan rings is 1. The molecule has 0 spiro atoms. The minimum atomic E-state index is -0.119. The van der Waals surface area contributed by atoms with E-state index >= 15 is 0 Å². The predicted molar refractivity (Wildman–Crippen MR) is 246 cm³/mol. The lowest BCUT2D eigenvalue weighted by molar-refractivity contribution is 0.336. The van der Waals surface area contributed by atoms with Gasteiger partial charge in [0, 0.05) is 38.5 Å². The van der Waals surface area contributed by atoms with E-state index < -0.39 is 0 Å². The fourth-order valence-electron chi connectivity index (χ4n) is 11.1. The second-order valence-corrected chi connectivity index (χ2v) is 18.5. The summed E-state index contributed by atoms with van der Waals surface area (Å²) in [7, 11) is 0. The molecule has 0 unspecified atom stereocenters. The zero-order valence-electron chi connectivity index (χ0n) is 35.2. The molecule has 8 aromatic rings. The summed E-state index contributed by atoms with van der Waals surface area (Å²) in [6, 6.07) is 52.3. The van der Waals surface area contributed by atoms with E-state index in [2.05, 4.69) is 194 Å². The van der Waals surface area contributed by atoms with Crippen molar-refractivity contribution >= 4 is 39.0 Å². The van der Waals surface area contributed by atoms with Gasteiger partial charge in [-0.05, 0) is 137 Å². The van der Waals surface area contributed by atoms with Crippen molar-refractivity contribution in [2.45, 2.75) is 79.1 Å². The average Bonchev–Trinajstić information content (AvgIpc) is 3.80. The van der Waals surface area contributed by atoms with Gasteiger partial charge in [0.25, 0.3) is 0 Å². The lowest BCUT2D eigenvalue weighted by Crippen LogP contribution is -2.30. The van der Waals surface area contributed by atoms with E-state index in [9.17, 15) is 0 Å². The zero-order chi connectivity index (χ0) is 40.1. The molecule has 10 rings (SSSR count). The van der Waals surface area contributed by atoms with E-state index in [1.807, 2.05) is 6.07 Å². The van der Waals surface area contributed by atoms with Gasteiger partial charge in [0.2, 0.25) is 0 Å². The van der Waals surface area contributed by atoms with Gasteiger partial charge >= 0.3 is 0 Å². The number of benzene rings is 7. The fraction of sp³-hybridized carbons (Fsp3) is 0.250. The Morgan fingerprint density at radius 1 is 0.552 bits per heavy atom. The molecule has 288 valence electrons. The highest BCUT2D eigenvalue weighted by Crippen LogP contribution is 2.60. The highest BCUT2D eigenvalue weighted by Gasteiger charge is 2.46. The maximum atomic E-state index is 6.31. The Hall–Kier alpha value is -5.86. The van der Waals surface area contributed by atoms with Crippen molar-refractivity contribution in [1.82, 2.24) is 0 Å². The molecule has 0 fully saturated rings. The lowest BCUT2D eigenvalue weighted by Gasteiger charge is -2.37. The Morgan fingerprint density at radius 2 is 1.21 bits per heavy atom. The standard InChI is InChI=1S/C56H53NO/c1-34(2)32-56(33-35(3)4)48-30-36(5)20-27-44(48)53-49(29-21-37(6)54(53)56)57(40-26-28-43-42-14-9-11-17-46(42)55(7,8)47(43)31-40)39-24-22-38(23-25-39)41-16-13-19-51-52(41)45-15-10-12-18-50(45)58-51/h9-31,34-35H,32-33H2,1-8H3. The molecule has 0 saturated heterocycles. The van der Waals surface area contributed by atoms with Crippen molar-refractivity contribution in [3.05, 3.63) is 173 Å². The lowest BCUT2D eigenvalue weighted by atomic mass is 9.66. The topological polar surface area (TPSA) is 16.4 Å². The number of hydrogen-bond donors (Lipinski definition) is 0. The number of nitrogens with zero attached hydrogens (tertiary/aromatic N) is 1. The maximum Gasteiger partial charge on any atom is 0.136 e. The van der Waals surface area contributed by atoms with Gasteiger partial charge in [-0.3, -0.25) is 0 Å². The molecule has 0 N–H and O–H groups in total. The molecule has 1 aromatic heterocycles. The second kappa shape index (κ2) is 13.3. The summed E-state index contributed by atoms with van der Waals surface area (Å²) in [5, 5.41) is 2.31. The fourth-order valence-corrected chi connectivity index (χ4v) is 11.1.